The van der Waals surface area contributed by atoms with Crippen molar-refractivity contribution in [3.05, 3.63) is 35.9 Å². The van der Waals surface area contributed by atoms with Gasteiger partial charge in [0.25, 0.3) is 5.91 Å². The van der Waals surface area contributed by atoms with Gasteiger partial charge >= 0.3 is 0 Å². The number of nitrogens with one attached hydrogen (secondary N) is 2. The van der Waals surface area contributed by atoms with E-state index in [1.807, 2.05) is 52.8 Å². The molecular weight excluding hydrogens is 364 g/mol. The van der Waals surface area contributed by atoms with Gasteiger partial charge in [0.1, 0.15) is 0 Å². The first-order valence-corrected chi connectivity index (χ1v) is 11.1. The average Bonchev–Trinajstić information content (AvgIpc) is 2.74. The van der Waals surface area contributed by atoms with Crippen molar-refractivity contribution >= 4 is 17.6 Å². The number of ketones is 1. The van der Waals surface area contributed by atoms with Crippen molar-refractivity contribution in [2.75, 3.05) is 0 Å². The van der Waals surface area contributed by atoms with Crippen LogP contribution in [0.25, 0.3) is 0 Å². The van der Waals surface area contributed by atoms with Gasteiger partial charge in [0.2, 0.25) is 5.91 Å². The molecular formula is C24H38N2O3. The van der Waals surface area contributed by atoms with Crippen molar-refractivity contribution in [2.45, 2.75) is 85.2 Å². The predicted octanol–water partition coefficient (Wildman–Crippen LogP) is 4.51. The largest absolute Gasteiger partial charge is 0.349 e. The molecule has 0 unspecified atom stereocenters. The molecule has 1 fully saturated rings. The second-order valence-corrected chi connectivity index (χ2v) is 7.85. The van der Waals surface area contributed by atoms with Gasteiger partial charge in [-0.1, -0.05) is 65.7 Å². The average molecular weight is 403 g/mol. The number of benzene rings is 1. The number of rotatable bonds is 8. The Morgan fingerprint density at radius 2 is 1.66 bits per heavy atom. The van der Waals surface area contributed by atoms with E-state index in [-0.39, 0.29) is 29.6 Å². The van der Waals surface area contributed by atoms with Gasteiger partial charge in [-0.15, -0.1) is 0 Å². The zero-order valence-electron chi connectivity index (χ0n) is 18.7. The lowest BCUT2D eigenvalue weighted by Gasteiger charge is -2.32. The van der Waals surface area contributed by atoms with E-state index in [9.17, 15) is 14.4 Å². The van der Waals surface area contributed by atoms with Crippen LogP contribution in [0.15, 0.2) is 30.3 Å². The van der Waals surface area contributed by atoms with Crippen molar-refractivity contribution in [1.29, 1.82) is 0 Å². The Balaban J connectivity index is 0.00000204. The number of hydrogen-bond acceptors (Lipinski definition) is 3. The van der Waals surface area contributed by atoms with E-state index in [4.69, 9.17) is 0 Å². The third-order valence-corrected chi connectivity index (χ3v) is 5.22. The van der Waals surface area contributed by atoms with Crippen LogP contribution >= 0.6 is 0 Å². The summed E-state index contributed by atoms with van der Waals surface area (Å²) < 4.78 is 0. The van der Waals surface area contributed by atoms with Crippen LogP contribution in [0.4, 0.5) is 0 Å². The topological polar surface area (TPSA) is 75.3 Å². The van der Waals surface area contributed by atoms with Gasteiger partial charge < -0.3 is 10.6 Å². The van der Waals surface area contributed by atoms with Gasteiger partial charge in [-0.2, -0.15) is 0 Å². The summed E-state index contributed by atoms with van der Waals surface area (Å²) in [5.74, 6) is -0.154. The third kappa shape index (κ3) is 8.00. The van der Waals surface area contributed by atoms with Crippen LogP contribution in [0.1, 0.15) is 83.5 Å². The molecule has 0 bridgehead atoms. The molecule has 162 valence electrons. The van der Waals surface area contributed by atoms with Crippen LogP contribution in [-0.2, 0) is 9.59 Å². The van der Waals surface area contributed by atoms with Gasteiger partial charge in [0.15, 0.2) is 5.78 Å². The summed E-state index contributed by atoms with van der Waals surface area (Å²) in [6, 6.07) is 8.43. The van der Waals surface area contributed by atoms with Crippen LogP contribution in [0.2, 0.25) is 0 Å². The second-order valence-electron chi connectivity index (χ2n) is 7.85. The molecule has 5 nitrogen and oxygen atoms in total. The Morgan fingerprint density at radius 1 is 1.03 bits per heavy atom. The smallest absolute Gasteiger partial charge is 0.251 e. The lowest BCUT2D eigenvalue weighted by Crippen LogP contribution is -2.51. The Labute approximate surface area is 176 Å². The third-order valence-electron chi connectivity index (χ3n) is 5.22. The van der Waals surface area contributed by atoms with E-state index in [1.54, 1.807) is 12.1 Å². The molecule has 1 aromatic carbocycles. The quantitative estimate of drug-likeness (QED) is 0.672. The van der Waals surface area contributed by atoms with Gasteiger partial charge in [0.05, 0.1) is 12.0 Å². The summed E-state index contributed by atoms with van der Waals surface area (Å²) in [6.45, 7) is 9.92. The normalized spacial score (nSPS) is 19.5. The van der Waals surface area contributed by atoms with E-state index in [0.29, 0.717) is 24.3 Å². The number of Topliss-reactive ketones (excluding diaryl/α,β-unsaturated/α-hetero) is 1. The summed E-state index contributed by atoms with van der Waals surface area (Å²) in [5, 5.41) is 6.01. The fraction of sp³-hybridized carbons (Fsp3) is 0.625. The van der Waals surface area contributed by atoms with Crippen molar-refractivity contribution in [3.63, 3.8) is 0 Å². The molecule has 0 heterocycles. The van der Waals surface area contributed by atoms with Crippen LogP contribution in [0, 0.1) is 11.8 Å². The second kappa shape index (κ2) is 13.1. The molecule has 1 aromatic rings. The van der Waals surface area contributed by atoms with Crippen molar-refractivity contribution < 1.29 is 14.4 Å². The Morgan fingerprint density at radius 3 is 2.24 bits per heavy atom. The minimum absolute atomic E-state index is 0.0673. The molecule has 0 saturated heterocycles. The van der Waals surface area contributed by atoms with Crippen LogP contribution in [0.5, 0.6) is 0 Å². The molecule has 0 radical (unpaired) electrons. The number of amides is 2. The molecule has 29 heavy (non-hydrogen) atoms. The zero-order valence-corrected chi connectivity index (χ0v) is 18.7. The molecule has 0 aliphatic heterocycles. The minimum Gasteiger partial charge on any atom is -0.349 e. The molecule has 1 saturated carbocycles. The number of carbonyl (C=O) groups is 3. The van der Waals surface area contributed by atoms with Crippen molar-refractivity contribution in [2.24, 2.45) is 11.8 Å². The zero-order chi connectivity index (χ0) is 21.8. The van der Waals surface area contributed by atoms with Crippen molar-refractivity contribution in [3.8, 4) is 0 Å². The highest BCUT2D eigenvalue weighted by atomic mass is 16.2. The van der Waals surface area contributed by atoms with Gasteiger partial charge in [-0.05, 0) is 37.3 Å². The van der Waals surface area contributed by atoms with Gasteiger partial charge in [-0.3, -0.25) is 14.4 Å². The van der Waals surface area contributed by atoms with E-state index in [2.05, 4.69) is 10.6 Å². The van der Waals surface area contributed by atoms with Crippen LogP contribution in [-0.4, -0.2) is 29.7 Å². The Hall–Kier alpha value is -2.17. The molecule has 0 spiro atoms. The first kappa shape index (κ1) is 24.9. The summed E-state index contributed by atoms with van der Waals surface area (Å²) in [7, 11) is 0. The lowest BCUT2D eigenvalue weighted by atomic mass is 9.83. The highest BCUT2D eigenvalue weighted by Gasteiger charge is 2.34. The Bertz CT molecular complexity index is 643. The first-order chi connectivity index (χ1) is 13.9. The van der Waals surface area contributed by atoms with E-state index >= 15 is 0 Å². The molecule has 2 amide bonds. The lowest BCUT2D eigenvalue weighted by molar-refractivity contribution is -0.131. The molecule has 1 aliphatic rings. The molecule has 5 heteroatoms. The summed E-state index contributed by atoms with van der Waals surface area (Å²) >= 11 is 0. The highest BCUT2D eigenvalue weighted by Crippen LogP contribution is 2.25. The maximum absolute atomic E-state index is 12.9. The van der Waals surface area contributed by atoms with Crippen LogP contribution < -0.4 is 10.6 Å². The van der Waals surface area contributed by atoms with Crippen LogP contribution in [0.3, 0.4) is 0 Å². The van der Waals surface area contributed by atoms with E-state index in [1.165, 1.54) is 0 Å². The molecule has 2 rings (SSSR count). The Kier molecular flexibility index (Phi) is 11.3. The fourth-order valence-corrected chi connectivity index (χ4v) is 3.73. The fourth-order valence-electron chi connectivity index (χ4n) is 3.73. The molecule has 1 aliphatic carbocycles. The molecule has 3 atom stereocenters. The molecule has 0 aromatic heterocycles. The highest BCUT2D eigenvalue weighted by molar-refractivity contribution is 5.95. The SMILES string of the molecule is CC.CCC(=O)[C@H](CC(C)C)NC(=O)[C@@H]1CCCC[C@@H]1NC(=O)c1ccccc1. The number of carbonyl (C=O) groups excluding carboxylic acids is 3. The van der Waals surface area contributed by atoms with E-state index < -0.39 is 6.04 Å². The van der Waals surface area contributed by atoms with E-state index in [0.717, 1.165) is 25.7 Å². The van der Waals surface area contributed by atoms with Gasteiger partial charge in [-0.25, -0.2) is 0 Å². The first-order valence-electron chi connectivity index (χ1n) is 11.1. The summed E-state index contributed by atoms with van der Waals surface area (Å²) in [4.78, 5) is 37.7. The van der Waals surface area contributed by atoms with Crippen molar-refractivity contribution in [1.82, 2.24) is 10.6 Å². The monoisotopic (exact) mass is 402 g/mol. The van der Waals surface area contributed by atoms with Gasteiger partial charge in [0, 0.05) is 18.0 Å². The maximum Gasteiger partial charge on any atom is 0.251 e. The number of hydrogen-bond donors (Lipinski definition) is 2. The molecule has 2 N–H and O–H groups in total. The summed E-state index contributed by atoms with van der Waals surface area (Å²) in [5.41, 5.74) is 0.598. The summed E-state index contributed by atoms with van der Waals surface area (Å²) in [6.07, 6.45) is 4.54. The standard InChI is InChI=1S/C22H32N2O3.C2H6/c1-4-20(25)19(14-15(2)3)24-22(27)17-12-8-9-13-18(17)23-21(26)16-10-6-5-7-11-16;1-2/h5-7,10-11,15,17-19H,4,8-9,12-14H2,1-3H3,(H,23,26)(H,24,27);1-2H3/t17-,18+,19+;/m1./s1. The minimum atomic E-state index is -0.435. The predicted molar refractivity (Wildman–Crippen MR) is 118 cm³/mol. The maximum atomic E-state index is 12.9.